The van der Waals surface area contributed by atoms with Crippen LogP contribution in [-0.4, -0.2) is 63.4 Å². The van der Waals surface area contributed by atoms with Gasteiger partial charge in [0.1, 0.15) is 0 Å². The first-order valence-electron chi connectivity index (χ1n) is 8.28. The molecule has 1 unspecified atom stereocenters. The van der Waals surface area contributed by atoms with Crippen LogP contribution in [0.1, 0.15) is 6.42 Å². The fraction of sp³-hybridized carbons (Fsp3) is 0.647. The Bertz CT molecular complexity index is 526. The van der Waals surface area contributed by atoms with Gasteiger partial charge in [0.2, 0.25) is 0 Å². The first kappa shape index (κ1) is 14.8. The van der Waals surface area contributed by atoms with Crippen LogP contribution in [0.2, 0.25) is 5.02 Å². The van der Waals surface area contributed by atoms with Crippen molar-refractivity contribution in [3.05, 3.63) is 29.3 Å². The molecule has 1 spiro atoms. The second-order valence-electron chi connectivity index (χ2n) is 7.01. The van der Waals surface area contributed by atoms with E-state index in [0.29, 0.717) is 11.5 Å². The lowest BCUT2D eigenvalue weighted by Crippen LogP contribution is -2.54. The third-order valence-corrected chi connectivity index (χ3v) is 5.53. The number of nitrogens with zero attached hydrogens (tertiary/aromatic N) is 2. The zero-order valence-corrected chi connectivity index (χ0v) is 13.7. The maximum absolute atomic E-state index is 6.09. The molecule has 1 N–H and O–H groups in total. The van der Waals surface area contributed by atoms with Gasteiger partial charge < -0.3 is 15.0 Å². The highest BCUT2D eigenvalue weighted by atomic mass is 35.5. The summed E-state index contributed by atoms with van der Waals surface area (Å²) in [5.74, 6) is 0. The zero-order valence-electron chi connectivity index (χ0n) is 12.9. The van der Waals surface area contributed by atoms with Crippen LogP contribution in [0.25, 0.3) is 0 Å². The van der Waals surface area contributed by atoms with E-state index >= 15 is 0 Å². The van der Waals surface area contributed by atoms with Crippen LogP contribution in [0.3, 0.4) is 0 Å². The molecule has 3 saturated heterocycles. The van der Waals surface area contributed by atoms with Crippen LogP contribution >= 0.6 is 11.6 Å². The molecule has 3 heterocycles. The highest BCUT2D eigenvalue weighted by Gasteiger charge is 2.45. The van der Waals surface area contributed by atoms with Gasteiger partial charge in [-0.1, -0.05) is 17.7 Å². The standard InChI is InChI=1S/C17H24ClN3O/c18-14-2-1-3-15(8-14)21-6-4-20(5-7-21)10-16-9-17(13-22-16)11-19-12-17/h1-3,8,16,19H,4-7,9-13H2. The topological polar surface area (TPSA) is 27.7 Å². The lowest BCUT2D eigenvalue weighted by Gasteiger charge is -2.39. The highest BCUT2D eigenvalue weighted by Crippen LogP contribution is 2.36. The van der Waals surface area contributed by atoms with Gasteiger partial charge in [0.05, 0.1) is 12.7 Å². The van der Waals surface area contributed by atoms with Gasteiger partial charge >= 0.3 is 0 Å². The van der Waals surface area contributed by atoms with Crippen LogP contribution in [0.4, 0.5) is 5.69 Å². The minimum Gasteiger partial charge on any atom is -0.376 e. The largest absolute Gasteiger partial charge is 0.376 e. The number of halogens is 1. The molecule has 3 aliphatic heterocycles. The number of anilines is 1. The molecule has 1 atom stereocenters. The number of hydrogen-bond acceptors (Lipinski definition) is 4. The summed E-state index contributed by atoms with van der Waals surface area (Å²) in [6.45, 7) is 8.69. The number of nitrogens with one attached hydrogen (secondary N) is 1. The van der Waals surface area contributed by atoms with Gasteiger partial charge in [0.15, 0.2) is 0 Å². The van der Waals surface area contributed by atoms with Crippen molar-refractivity contribution >= 4 is 17.3 Å². The SMILES string of the molecule is Clc1cccc(N2CCN(CC3CC4(CNC4)CO3)CC2)c1. The third kappa shape index (κ3) is 2.98. The van der Waals surface area contributed by atoms with Crippen molar-refractivity contribution in [2.24, 2.45) is 5.41 Å². The summed E-state index contributed by atoms with van der Waals surface area (Å²) >= 11 is 6.09. The predicted molar refractivity (Wildman–Crippen MR) is 89.8 cm³/mol. The molecule has 0 aromatic heterocycles. The van der Waals surface area contributed by atoms with E-state index in [1.807, 2.05) is 12.1 Å². The van der Waals surface area contributed by atoms with E-state index in [4.69, 9.17) is 16.3 Å². The molecule has 1 aromatic rings. The summed E-state index contributed by atoms with van der Waals surface area (Å²) in [6, 6.07) is 8.17. The lowest BCUT2D eigenvalue weighted by molar-refractivity contribution is 0.0567. The molecule has 5 heteroatoms. The second-order valence-corrected chi connectivity index (χ2v) is 7.44. The zero-order chi connectivity index (χ0) is 15.0. The molecule has 120 valence electrons. The Balaban J connectivity index is 1.27. The van der Waals surface area contributed by atoms with E-state index in [1.165, 1.54) is 12.1 Å². The fourth-order valence-electron chi connectivity index (χ4n) is 3.89. The Kier molecular flexibility index (Phi) is 4.03. The number of piperazine rings is 1. The summed E-state index contributed by atoms with van der Waals surface area (Å²) in [7, 11) is 0. The van der Waals surface area contributed by atoms with Crippen LogP contribution in [0, 0.1) is 5.41 Å². The van der Waals surface area contributed by atoms with Gasteiger partial charge in [-0.25, -0.2) is 0 Å². The quantitative estimate of drug-likeness (QED) is 0.919. The van der Waals surface area contributed by atoms with E-state index in [0.717, 1.165) is 57.4 Å². The molecule has 0 radical (unpaired) electrons. The molecule has 0 saturated carbocycles. The van der Waals surface area contributed by atoms with Gasteiger partial charge in [-0.3, -0.25) is 4.90 Å². The summed E-state index contributed by atoms with van der Waals surface area (Å²) in [5, 5.41) is 4.20. The lowest BCUT2D eigenvalue weighted by atomic mass is 9.80. The normalized spacial score (nSPS) is 28.0. The Morgan fingerprint density at radius 1 is 1.23 bits per heavy atom. The minimum absolute atomic E-state index is 0.430. The first-order chi connectivity index (χ1) is 10.7. The van der Waals surface area contributed by atoms with Crippen molar-refractivity contribution < 1.29 is 4.74 Å². The van der Waals surface area contributed by atoms with Gasteiger partial charge in [-0.15, -0.1) is 0 Å². The third-order valence-electron chi connectivity index (χ3n) is 5.29. The molecule has 0 aliphatic carbocycles. The molecule has 3 aliphatic rings. The second kappa shape index (κ2) is 6.00. The molecule has 0 amide bonds. The summed E-state index contributed by atoms with van der Waals surface area (Å²) < 4.78 is 6.03. The van der Waals surface area contributed by atoms with Gasteiger partial charge in [-0.2, -0.15) is 0 Å². The fourth-order valence-corrected chi connectivity index (χ4v) is 4.07. The highest BCUT2D eigenvalue weighted by molar-refractivity contribution is 6.30. The maximum atomic E-state index is 6.09. The minimum atomic E-state index is 0.430. The monoisotopic (exact) mass is 321 g/mol. The van der Waals surface area contributed by atoms with E-state index < -0.39 is 0 Å². The van der Waals surface area contributed by atoms with Gasteiger partial charge in [0, 0.05) is 61.9 Å². The van der Waals surface area contributed by atoms with Crippen molar-refractivity contribution in [3.63, 3.8) is 0 Å². The molecule has 1 aromatic carbocycles. The molecule has 22 heavy (non-hydrogen) atoms. The van der Waals surface area contributed by atoms with Crippen LogP contribution in [0.5, 0.6) is 0 Å². The molecular weight excluding hydrogens is 298 g/mol. The van der Waals surface area contributed by atoms with Crippen molar-refractivity contribution in [2.45, 2.75) is 12.5 Å². The smallest absolute Gasteiger partial charge is 0.0709 e. The van der Waals surface area contributed by atoms with Crippen molar-refractivity contribution in [3.8, 4) is 0 Å². The number of ether oxygens (including phenoxy) is 1. The summed E-state index contributed by atoms with van der Waals surface area (Å²) in [5.41, 5.74) is 1.71. The Morgan fingerprint density at radius 2 is 2.05 bits per heavy atom. The van der Waals surface area contributed by atoms with Crippen LogP contribution in [-0.2, 0) is 4.74 Å². The van der Waals surface area contributed by atoms with Crippen LogP contribution < -0.4 is 10.2 Å². The maximum Gasteiger partial charge on any atom is 0.0709 e. The van der Waals surface area contributed by atoms with Crippen LogP contribution in [0.15, 0.2) is 24.3 Å². The molecule has 3 fully saturated rings. The average molecular weight is 322 g/mol. The molecular formula is C17H24ClN3O. The van der Waals surface area contributed by atoms with Crippen molar-refractivity contribution in [2.75, 3.05) is 57.3 Å². The number of hydrogen-bond donors (Lipinski definition) is 1. The van der Waals surface area contributed by atoms with E-state index in [-0.39, 0.29) is 0 Å². The number of benzene rings is 1. The van der Waals surface area contributed by atoms with E-state index in [1.54, 1.807) is 0 Å². The average Bonchev–Trinajstić information content (AvgIpc) is 2.93. The van der Waals surface area contributed by atoms with Crippen molar-refractivity contribution in [1.82, 2.24) is 10.2 Å². The Hall–Kier alpha value is -0.810. The Morgan fingerprint density at radius 3 is 2.68 bits per heavy atom. The van der Waals surface area contributed by atoms with E-state index in [9.17, 15) is 0 Å². The summed E-state index contributed by atoms with van der Waals surface area (Å²) in [4.78, 5) is 4.98. The molecule has 0 bridgehead atoms. The predicted octanol–water partition coefficient (Wildman–Crippen LogP) is 1.84. The first-order valence-corrected chi connectivity index (χ1v) is 8.66. The molecule has 4 rings (SSSR count). The Labute approximate surface area is 137 Å². The van der Waals surface area contributed by atoms with Gasteiger partial charge in [0.25, 0.3) is 0 Å². The molecule has 4 nitrogen and oxygen atoms in total. The van der Waals surface area contributed by atoms with E-state index in [2.05, 4.69) is 27.2 Å². The van der Waals surface area contributed by atoms with Crippen molar-refractivity contribution in [1.29, 1.82) is 0 Å². The summed E-state index contributed by atoms with van der Waals surface area (Å²) in [6.07, 6.45) is 1.66. The number of rotatable bonds is 3. The van der Waals surface area contributed by atoms with Gasteiger partial charge in [-0.05, 0) is 24.6 Å².